The average Bonchev–Trinajstić information content (AvgIpc) is 2.53. The second-order valence-electron chi connectivity index (χ2n) is 2.30. The van der Waals surface area contributed by atoms with E-state index in [-0.39, 0.29) is 11.5 Å². The highest BCUT2D eigenvalue weighted by Gasteiger charge is 2.08. The van der Waals surface area contributed by atoms with Crippen molar-refractivity contribution in [2.45, 2.75) is 6.92 Å². The molecule has 0 bridgehead atoms. The number of carbonyl (C=O) groups is 2. The van der Waals surface area contributed by atoms with Gasteiger partial charge in [-0.2, -0.15) is 5.10 Å². The van der Waals surface area contributed by atoms with Gasteiger partial charge in [0.05, 0.1) is 0 Å². The van der Waals surface area contributed by atoms with Gasteiger partial charge in [-0.1, -0.05) is 5.92 Å². The highest BCUT2D eigenvalue weighted by Crippen LogP contribution is 2.04. The maximum Gasteiger partial charge on any atom is 0.353 e. The van der Waals surface area contributed by atoms with E-state index in [0.29, 0.717) is 0 Å². The first-order valence-corrected chi connectivity index (χ1v) is 3.66. The first kappa shape index (κ1) is 9.80. The lowest BCUT2D eigenvalue weighted by Gasteiger charge is -1.91. The van der Waals surface area contributed by atoms with Crippen LogP contribution >= 0.6 is 0 Å². The number of anilines is 1. The Hall–Kier alpha value is -2.29. The minimum atomic E-state index is -1.14. The van der Waals surface area contributed by atoms with Crippen molar-refractivity contribution in [2.75, 3.05) is 5.32 Å². The molecule has 0 saturated heterocycles. The second-order valence-corrected chi connectivity index (χ2v) is 2.30. The van der Waals surface area contributed by atoms with E-state index in [1.165, 1.54) is 13.0 Å². The van der Waals surface area contributed by atoms with Crippen LogP contribution in [0.15, 0.2) is 6.07 Å². The lowest BCUT2D eigenvalue weighted by atomic mass is 10.4. The third-order valence-corrected chi connectivity index (χ3v) is 1.29. The fourth-order valence-corrected chi connectivity index (χ4v) is 0.756. The zero-order chi connectivity index (χ0) is 10.6. The van der Waals surface area contributed by atoms with Gasteiger partial charge in [0.25, 0.3) is 0 Å². The van der Waals surface area contributed by atoms with E-state index in [4.69, 9.17) is 5.11 Å². The molecule has 72 valence electrons. The standard InChI is InChI=1S/C8H7N3O3/c1-2-3-7(12)9-6-4-5(8(13)14)10-11-6/h4H,1H3,(H,13,14)(H2,9,10,11,12). The fraction of sp³-hybridized carbons (Fsp3) is 0.125. The highest BCUT2D eigenvalue weighted by molar-refractivity contribution is 6.03. The molecule has 1 aromatic heterocycles. The number of hydrogen-bond donors (Lipinski definition) is 3. The van der Waals surface area contributed by atoms with E-state index in [9.17, 15) is 9.59 Å². The van der Waals surface area contributed by atoms with E-state index in [0.717, 1.165) is 0 Å². The van der Waals surface area contributed by atoms with E-state index >= 15 is 0 Å². The van der Waals surface area contributed by atoms with Crippen LogP contribution in [0.3, 0.4) is 0 Å². The minimum Gasteiger partial charge on any atom is -0.477 e. The molecule has 0 aliphatic rings. The van der Waals surface area contributed by atoms with Crippen LogP contribution in [-0.2, 0) is 4.79 Å². The monoisotopic (exact) mass is 193 g/mol. The van der Waals surface area contributed by atoms with Gasteiger partial charge in [-0.15, -0.1) is 0 Å². The molecule has 1 amide bonds. The van der Waals surface area contributed by atoms with Gasteiger partial charge >= 0.3 is 11.9 Å². The minimum absolute atomic E-state index is 0.0928. The summed E-state index contributed by atoms with van der Waals surface area (Å²) >= 11 is 0. The van der Waals surface area contributed by atoms with Gasteiger partial charge in [-0.05, 0) is 12.8 Å². The Balaban J connectivity index is 2.72. The summed E-state index contributed by atoms with van der Waals surface area (Å²) in [6.45, 7) is 1.52. The number of nitrogens with one attached hydrogen (secondary N) is 2. The summed E-state index contributed by atoms with van der Waals surface area (Å²) < 4.78 is 0. The number of carboxylic acid groups (broad SMARTS) is 1. The molecule has 0 aromatic carbocycles. The number of H-pyrrole nitrogens is 1. The first-order chi connectivity index (χ1) is 6.63. The molecular formula is C8H7N3O3. The molecule has 1 rings (SSSR count). The number of carboxylic acids is 1. The molecular weight excluding hydrogens is 186 g/mol. The smallest absolute Gasteiger partial charge is 0.353 e. The van der Waals surface area contributed by atoms with Gasteiger partial charge in [0, 0.05) is 6.07 Å². The summed E-state index contributed by atoms with van der Waals surface area (Å²) in [6.07, 6.45) is 0. The molecule has 0 aliphatic heterocycles. The number of aromatic carboxylic acids is 1. The average molecular weight is 193 g/mol. The molecule has 6 nitrogen and oxygen atoms in total. The van der Waals surface area contributed by atoms with Crippen molar-refractivity contribution in [3.05, 3.63) is 11.8 Å². The van der Waals surface area contributed by atoms with Gasteiger partial charge in [-0.25, -0.2) is 4.79 Å². The molecule has 0 unspecified atom stereocenters. The van der Waals surface area contributed by atoms with Gasteiger partial charge < -0.3 is 5.11 Å². The molecule has 14 heavy (non-hydrogen) atoms. The Labute approximate surface area is 79.3 Å². The molecule has 1 heterocycles. The van der Waals surface area contributed by atoms with Crippen LogP contribution in [0.5, 0.6) is 0 Å². The molecule has 3 N–H and O–H groups in total. The highest BCUT2D eigenvalue weighted by atomic mass is 16.4. The number of aromatic nitrogens is 2. The molecule has 1 aromatic rings. The molecule has 0 fully saturated rings. The number of amides is 1. The predicted octanol–water partition coefficient (Wildman–Crippen LogP) is 0.0697. The molecule has 0 radical (unpaired) electrons. The largest absolute Gasteiger partial charge is 0.477 e. The Kier molecular flexibility index (Phi) is 2.86. The molecule has 6 heteroatoms. The van der Waals surface area contributed by atoms with Crippen LogP contribution in [-0.4, -0.2) is 27.2 Å². The first-order valence-electron chi connectivity index (χ1n) is 3.66. The maximum atomic E-state index is 10.9. The lowest BCUT2D eigenvalue weighted by molar-refractivity contribution is -0.111. The van der Waals surface area contributed by atoms with Crippen LogP contribution < -0.4 is 5.32 Å². The van der Waals surface area contributed by atoms with E-state index in [2.05, 4.69) is 27.4 Å². The third kappa shape index (κ3) is 2.35. The zero-order valence-electron chi connectivity index (χ0n) is 7.29. The van der Waals surface area contributed by atoms with Gasteiger partial charge in [0.1, 0.15) is 5.69 Å². The Morgan fingerprint density at radius 3 is 2.86 bits per heavy atom. The van der Waals surface area contributed by atoms with Crippen LogP contribution in [0.4, 0.5) is 5.82 Å². The van der Waals surface area contributed by atoms with Crippen molar-refractivity contribution < 1.29 is 14.7 Å². The van der Waals surface area contributed by atoms with Crippen molar-refractivity contribution in [2.24, 2.45) is 0 Å². The van der Waals surface area contributed by atoms with E-state index in [1.54, 1.807) is 0 Å². The van der Waals surface area contributed by atoms with Crippen molar-refractivity contribution in [3.8, 4) is 11.8 Å². The van der Waals surface area contributed by atoms with Crippen molar-refractivity contribution in [3.63, 3.8) is 0 Å². The summed E-state index contributed by atoms with van der Waals surface area (Å²) in [5, 5.41) is 16.6. The zero-order valence-corrected chi connectivity index (χ0v) is 7.29. The van der Waals surface area contributed by atoms with Gasteiger partial charge in [0.15, 0.2) is 5.82 Å². The second kappa shape index (κ2) is 4.09. The quantitative estimate of drug-likeness (QED) is 0.579. The fourth-order valence-electron chi connectivity index (χ4n) is 0.756. The summed E-state index contributed by atoms with van der Waals surface area (Å²) in [5.41, 5.74) is -0.0928. The van der Waals surface area contributed by atoms with Crippen LogP contribution in [0.25, 0.3) is 0 Å². The Bertz CT molecular complexity index is 425. The molecule has 0 spiro atoms. The van der Waals surface area contributed by atoms with E-state index < -0.39 is 11.9 Å². The number of hydrogen-bond acceptors (Lipinski definition) is 3. The summed E-state index contributed by atoms with van der Waals surface area (Å²) in [6, 6.07) is 1.21. The lowest BCUT2D eigenvalue weighted by Crippen LogP contribution is -2.08. The number of rotatable bonds is 2. The van der Waals surface area contributed by atoms with Crippen molar-refractivity contribution in [1.29, 1.82) is 0 Å². The van der Waals surface area contributed by atoms with Crippen LogP contribution in [0.2, 0.25) is 0 Å². The van der Waals surface area contributed by atoms with Crippen molar-refractivity contribution >= 4 is 17.7 Å². The van der Waals surface area contributed by atoms with Crippen LogP contribution in [0.1, 0.15) is 17.4 Å². The molecule has 0 atom stereocenters. The SMILES string of the molecule is CC#CC(=O)Nc1cc(C(=O)O)[nH]n1. The maximum absolute atomic E-state index is 10.9. The summed E-state index contributed by atoms with van der Waals surface area (Å²) in [7, 11) is 0. The Morgan fingerprint density at radius 1 is 1.64 bits per heavy atom. The number of carbonyl (C=O) groups excluding carboxylic acids is 1. The van der Waals surface area contributed by atoms with Crippen LogP contribution in [0, 0.1) is 11.8 Å². The van der Waals surface area contributed by atoms with E-state index in [1.807, 2.05) is 0 Å². The van der Waals surface area contributed by atoms with Gasteiger partial charge in [-0.3, -0.25) is 15.2 Å². The van der Waals surface area contributed by atoms with Gasteiger partial charge in [0.2, 0.25) is 0 Å². The normalized spacial score (nSPS) is 8.64. The third-order valence-electron chi connectivity index (χ3n) is 1.29. The van der Waals surface area contributed by atoms with Crippen molar-refractivity contribution in [1.82, 2.24) is 10.2 Å². The predicted molar refractivity (Wildman–Crippen MR) is 47.6 cm³/mol. The molecule has 0 saturated carbocycles. The Morgan fingerprint density at radius 2 is 2.36 bits per heavy atom. The number of aromatic amines is 1. The topological polar surface area (TPSA) is 95.1 Å². The summed E-state index contributed by atoms with van der Waals surface area (Å²) in [5.74, 6) is 3.10. The molecule has 0 aliphatic carbocycles. The summed E-state index contributed by atoms with van der Waals surface area (Å²) in [4.78, 5) is 21.3. The number of nitrogens with zero attached hydrogens (tertiary/aromatic N) is 1.